The van der Waals surface area contributed by atoms with Crippen molar-refractivity contribution in [3.8, 4) is 16.9 Å². The predicted molar refractivity (Wildman–Crippen MR) is 121 cm³/mol. The van der Waals surface area contributed by atoms with Crippen LogP contribution in [-0.4, -0.2) is 30.7 Å². The summed E-state index contributed by atoms with van der Waals surface area (Å²) in [5.41, 5.74) is 0.954. The Balaban J connectivity index is 1.62. The number of nitrogens with one attached hydrogen (secondary N) is 1. The topological polar surface area (TPSA) is 50.7 Å². The molecule has 1 N–H and O–H groups in total. The van der Waals surface area contributed by atoms with Gasteiger partial charge in [0, 0.05) is 12.1 Å². The number of ether oxygens (including phenoxy) is 1. The number of benzene rings is 3. The van der Waals surface area contributed by atoms with Gasteiger partial charge in [-0.3, -0.25) is 9.79 Å². The van der Waals surface area contributed by atoms with Crippen molar-refractivity contribution < 1.29 is 44.7 Å². The maximum Gasteiger partial charge on any atom is 0.573 e. The molecule has 4 nitrogen and oxygen atoms in total. The van der Waals surface area contributed by atoms with E-state index >= 15 is 0 Å². The van der Waals surface area contributed by atoms with Crippen LogP contribution in [0.15, 0.2) is 71.7 Å². The van der Waals surface area contributed by atoms with Gasteiger partial charge in [0.05, 0.1) is 17.5 Å². The van der Waals surface area contributed by atoms with E-state index < -0.39 is 59.9 Å². The summed E-state index contributed by atoms with van der Waals surface area (Å²) in [6.45, 7) is -1.58. The molecule has 1 aliphatic rings. The summed E-state index contributed by atoms with van der Waals surface area (Å²) in [5, 5.41) is 1.81. The maximum atomic E-state index is 14.4. The lowest BCUT2D eigenvalue weighted by Gasteiger charge is -2.19. The second-order valence-electron chi connectivity index (χ2n) is 8.46. The Morgan fingerprint density at radius 1 is 0.868 bits per heavy atom. The highest BCUT2D eigenvalue weighted by molar-refractivity contribution is 6.05. The third-order valence-corrected chi connectivity index (χ3v) is 5.81. The molecular formula is C26H18F8N2O2. The first-order valence-corrected chi connectivity index (χ1v) is 11.1. The van der Waals surface area contributed by atoms with Crippen molar-refractivity contribution in [3.63, 3.8) is 0 Å². The second kappa shape index (κ2) is 10.4. The Labute approximate surface area is 211 Å². The molecule has 1 amide bonds. The van der Waals surface area contributed by atoms with Crippen molar-refractivity contribution >= 4 is 11.6 Å². The fourth-order valence-corrected chi connectivity index (χ4v) is 4.15. The molecule has 4 rings (SSSR count). The Bertz CT molecular complexity index is 1310. The summed E-state index contributed by atoms with van der Waals surface area (Å²) in [7, 11) is 0. The highest BCUT2D eigenvalue weighted by atomic mass is 19.4. The monoisotopic (exact) mass is 542 g/mol. The first kappa shape index (κ1) is 27.1. The molecule has 1 aliphatic heterocycles. The van der Waals surface area contributed by atoms with Crippen LogP contribution >= 0.6 is 0 Å². The molecule has 1 unspecified atom stereocenters. The Morgan fingerprint density at radius 3 is 1.95 bits per heavy atom. The number of carbonyl (C=O) groups excluding carboxylic acids is 1. The van der Waals surface area contributed by atoms with E-state index in [0.717, 1.165) is 30.3 Å². The molecule has 0 saturated carbocycles. The molecule has 0 aliphatic carbocycles. The van der Waals surface area contributed by atoms with Crippen LogP contribution in [0, 0.1) is 17.6 Å². The molecule has 38 heavy (non-hydrogen) atoms. The Morgan fingerprint density at radius 2 is 1.42 bits per heavy atom. The van der Waals surface area contributed by atoms with Crippen molar-refractivity contribution in [1.82, 2.24) is 5.32 Å². The molecule has 12 heteroatoms. The smallest absolute Gasteiger partial charge is 0.406 e. The number of rotatable bonds is 6. The minimum absolute atomic E-state index is 0.0953. The number of amides is 1. The van der Waals surface area contributed by atoms with E-state index in [9.17, 15) is 39.9 Å². The molecule has 0 radical (unpaired) electrons. The molecule has 3 aromatic rings. The van der Waals surface area contributed by atoms with Crippen molar-refractivity contribution in [3.05, 3.63) is 89.5 Å². The third kappa shape index (κ3) is 6.48. The van der Waals surface area contributed by atoms with Crippen molar-refractivity contribution in [1.29, 1.82) is 0 Å². The molecule has 200 valence electrons. The van der Waals surface area contributed by atoms with Crippen LogP contribution in [0.2, 0.25) is 0 Å². The Kier molecular flexibility index (Phi) is 7.43. The first-order valence-electron chi connectivity index (χ1n) is 11.1. The zero-order chi connectivity index (χ0) is 27.7. The van der Waals surface area contributed by atoms with Gasteiger partial charge >= 0.3 is 12.5 Å². The van der Waals surface area contributed by atoms with E-state index in [1.807, 2.05) is 5.32 Å². The van der Waals surface area contributed by atoms with Gasteiger partial charge in [0.15, 0.2) is 0 Å². The van der Waals surface area contributed by atoms with E-state index in [4.69, 9.17) is 0 Å². The van der Waals surface area contributed by atoms with Gasteiger partial charge < -0.3 is 10.1 Å². The van der Waals surface area contributed by atoms with Crippen LogP contribution in [0.25, 0.3) is 11.1 Å². The molecule has 0 saturated heterocycles. The molecule has 1 heterocycles. The van der Waals surface area contributed by atoms with Crippen LogP contribution in [0.1, 0.15) is 23.6 Å². The van der Waals surface area contributed by atoms with Crippen LogP contribution in [0.3, 0.4) is 0 Å². The average molecular weight is 542 g/mol. The molecule has 0 bridgehead atoms. The van der Waals surface area contributed by atoms with E-state index in [-0.39, 0.29) is 12.1 Å². The number of alkyl halides is 6. The predicted octanol–water partition coefficient (Wildman–Crippen LogP) is 6.76. The van der Waals surface area contributed by atoms with E-state index in [0.29, 0.717) is 16.7 Å². The van der Waals surface area contributed by atoms with E-state index in [1.165, 1.54) is 24.3 Å². The molecule has 0 aromatic heterocycles. The fourth-order valence-electron chi connectivity index (χ4n) is 4.15. The summed E-state index contributed by atoms with van der Waals surface area (Å²) < 4.78 is 108. The minimum Gasteiger partial charge on any atom is -0.406 e. The van der Waals surface area contributed by atoms with Gasteiger partial charge in [0.1, 0.15) is 23.9 Å². The zero-order valence-electron chi connectivity index (χ0n) is 19.2. The molecule has 0 spiro atoms. The molecule has 2 atom stereocenters. The van der Waals surface area contributed by atoms with Gasteiger partial charge in [-0.05, 0) is 41.0 Å². The second-order valence-corrected chi connectivity index (χ2v) is 8.46. The molecule has 0 fully saturated rings. The lowest BCUT2D eigenvalue weighted by Crippen LogP contribution is -2.38. The van der Waals surface area contributed by atoms with Gasteiger partial charge in [0.2, 0.25) is 5.91 Å². The summed E-state index contributed by atoms with van der Waals surface area (Å²) >= 11 is 0. The highest BCUT2D eigenvalue weighted by Gasteiger charge is 2.39. The van der Waals surface area contributed by atoms with E-state index in [2.05, 4.69) is 9.73 Å². The number of nitrogens with zero attached hydrogens (tertiary/aromatic N) is 1. The number of aliphatic imine (C=N–C) groups is 1. The minimum atomic E-state index is -4.83. The quantitative estimate of drug-likeness (QED) is 0.350. The average Bonchev–Trinajstić information content (AvgIpc) is 3.27. The van der Waals surface area contributed by atoms with Crippen LogP contribution in [0.4, 0.5) is 35.1 Å². The summed E-state index contributed by atoms with van der Waals surface area (Å²) in [4.78, 5) is 17.0. The van der Waals surface area contributed by atoms with Crippen LogP contribution < -0.4 is 10.1 Å². The number of hydrogen-bond acceptors (Lipinski definition) is 3. The summed E-state index contributed by atoms with van der Waals surface area (Å²) in [6.07, 6.45) is -9.79. The summed E-state index contributed by atoms with van der Waals surface area (Å²) in [6, 6.07) is 13.4. The van der Waals surface area contributed by atoms with Gasteiger partial charge in [-0.25, -0.2) is 8.78 Å². The highest BCUT2D eigenvalue weighted by Crippen LogP contribution is 2.38. The van der Waals surface area contributed by atoms with Crippen molar-refractivity contribution in [2.75, 3.05) is 6.54 Å². The SMILES string of the molecule is O=C(NCC(F)(F)F)[C@H]1CC(c2c(F)cccc2F)=NC1c1ccc(-c2ccc(OC(F)(F)F)cc2)cc1. The third-order valence-electron chi connectivity index (χ3n) is 5.81. The largest absolute Gasteiger partial charge is 0.573 e. The van der Waals surface area contributed by atoms with Gasteiger partial charge in [-0.2, -0.15) is 13.2 Å². The van der Waals surface area contributed by atoms with Gasteiger partial charge in [0.25, 0.3) is 0 Å². The molecule has 3 aromatic carbocycles. The van der Waals surface area contributed by atoms with Crippen molar-refractivity contribution in [2.45, 2.75) is 25.0 Å². The fraction of sp³-hybridized carbons (Fsp3) is 0.231. The number of hydrogen-bond donors (Lipinski definition) is 1. The summed E-state index contributed by atoms with van der Waals surface area (Å²) in [5.74, 6) is -4.40. The molecular weight excluding hydrogens is 524 g/mol. The Hall–Kier alpha value is -3.96. The van der Waals surface area contributed by atoms with Crippen LogP contribution in [-0.2, 0) is 4.79 Å². The van der Waals surface area contributed by atoms with E-state index in [1.54, 1.807) is 12.1 Å². The number of carbonyl (C=O) groups is 1. The van der Waals surface area contributed by atoms with Crippen LogP contribution in [0.5, 0.6) is 5.75 Å². The number of halogens is 8. The normalized spacial score (nSPS) is 17.7. The van der Waals surface area contributed by atoms with Gasteiger partial charge in [-0.1, -0.05) is 42.5 Å². The zero-order valence-corrected chi connectivity index (χ0v) is 19.2. The van der Waals surface area contributed by atoms with Crippen molar-refractivity contribution in [2.24, 2.45) is 10.9 Å². The standard InChI is InChI=1S/C26H18F8N2O2/c27-19-2-1-3-20(28)22(19)21-12-18(24(37)35-13-25(29,30)31)23(36-21)16-6-4-14(5-7-16)15-8-10-17(11-9-15)38-26(32,33)34/h1-11,18,23H,12-13H2,(H,35,37)/t18-,23?/m0/s1. The lowest BCUT2D eigenvalue weighted by molar-refractivity contribution is -0.274. The lowest BCUT2D eigenvalue weighted by atomic mass is 9.90. The van der Waals surface area contributed by atoms with Gasteiger partial charge in [-0.15, -0.1) is 13.2 Å². The first-order chi connectivity index (χ1) is 17.8. The maximum absolute atomic E-state index is 14.4.